The largest absolute Gasteiger partial charge is 0.394 e. The Morgan fingerprint density at radius 1 is 0.414 bits per heavy atom. The Morgan fingerprint density at radius 3 is 1.05 bits per heavy atom. The summed E-state index contributed by atoms with van der Waals surface area (Å²) in [6, 6.07) is -0.811. The average Bonchev–Trinajstić information content (AvgIpc) is 3.23. The summed E-state index contributed by atoms with van der Waals surface area (Å²) >= 11 is 0. The molecule has 4 N–H and O–H groups in total. The van der Waals surface area contributed by atoms with E-state index in [0.29, 0.717) is 6.42 Å². The summed E-state index contributed by atoms with van der Waals surface area (Å²) in [6.07, 6.45) is 61.2. The van der Waals surface area contributed by atoms with Gasteiger partial charge < -0.3 is 20.6 Å². The van der Waals surface area contributed by atoms with Gasteiger partial charge in [-0.05, 0) is 32.1 Å². The van der Waals surface area contributed by atoms with E-state index in [-0.39, 0.29) is 6.61 Å². The maximum Gasteiger partial charge on any atom is 0.249 e. The van der Waals surface area contributed by atoms with E-state index in [9.17, 15) is 20.1 Å². The maximum absolute atomic E-state index is 12.5. The van der Waals surface area contributed by atoms with Crippen molar-refractivity contribution in [2.24, 2.45) is 0 Å². The van der Waals surface area contributed by atoms with Crippen LogP contribution in [0.1, 0.15) is 284 Å². The molecule has 3 unspecified atom stereocenters. The smallest absolute Gasteiger partial charge is 0.249 e. The Bertz CT molecular complexity index is 859. The molecule has 0 rings (SSSR count). The third-order valence-electron chi connectivity index (χ3n) is 12.3. The van der Waals surface area contributed by atoms with Gasteiger partial charge in [0.25, 0.3) is 0 Å². The van der Waals surface area contributed by atoms with Gasteiger partial charge in [-0.2, -0.15) is 0 Å². The first-order chi connectivity index (χ1) is 28.6. The maximum atomic E-state index is 12.5. The van der Waals surface area contributed by atoms with Gasteiger partial charge in [0.1, 0.15) is 6.10 Å². The Balaban J connectivity index is 3.50. The molecule has 0 spiro atoms. The predicted molar refractivity (Wildman–Crippen MR) is 255 cm³/mol. The van der Waals surface area contributed by atoms with Crippen LogP contribution in [-0.4, -0.2) is 46.1 Å². The van der Waals surface area contributed by atoms with Crippen molar-refractivity contribution in [3.8, 4) is 0 Å². The molecule has 0 fully saturated rings. The van der Waals surface area contributed by atoms with E-state index in [1.807, 2.05) is 6.08 Å². The fourth-order valence-electron chi connectivity index (χ4n) is 8.20. The molecule has 0 aliphatic rings. The van der Waals surface area contributed by atoms with E-state index < -0.39 is 24.2 Å². The van der Waals surface area contributed by atoms with Gasteiger partial charge in [0.15, 0.2) is 0 Å². The highest BCUT2D eigenvalue weighted by atomic mass is 16.3. The Hall–Kier alpha value is -1.17. The van der Waals surface area contributed by atoms with Crippen LogP contribution >= 0.6 is 0 Å². The summed E-state index contributed by atoms with van der Waals surface area (Å²) in [4.78, 5) is 12.5. The predicted octanol–water partition coefficient (Wildman–Crippen LogP) is 15.7. The summed E-state index contributed by atoms with van der Waals surface area (Å²) in [6.45, 7) is 4.18. The number of carbonyl (C=O) groups is 1. The van der Waals surface area contributed by atoms with Crippen molar-refractivity contribution in [3.63, 3.8) is 0 Å². The van der Waals surface area contributed by atoms with Crippen LogP contribution in [0, 0.1) is 0 Å². The second kappa shape index (κ2) is 48.5. The molecule has 344 valence electrons. The van der Waals surface area contributed by atoms with Crippen molar-refractivity contribution in [1.82, 2.24) is 5.32 Å². The fourth-order valence-corrected chi connectivity index (χ4v) is 8.20. The quantitative estimate of drug-likeness (QED) is 0.0364. The third-order valence-corrected chi connectivity index (χ3v) is 12.3. The zero-order valence-corrected chi connectivity index (χ0v) is 39.2. The average molecular weight is 818 g/mol. The number of aliphatic hydroxyl groups is 3. The molecule has 3 atom stereocenters. The molecule has 0 heterocycles. The Labute approximate surface area is 362 Å². The number of nitrogens with one attached hydrogen (secondary N) is 1. The molecule has 0 aromatic heterocycles. The van der Waals surface area contributed by atoms with E-state index in [0.717, 1.165) is 38.5 Å². The van der Waals surface area contributed by atoms with Crippen LogP contribution in [0.4, 0.5) is 0 Å². The monoisotopic (exact) mass is 818 g/mol. The van der Waals surface area contributed by atoms with E-state index >= 15 is 0 Å². The summed E-state index contributed by atoms with van der Waals surface area (Å²) < 4.78 is 0. The van der Waals surface area contributed by atoms with Crippen molar-refractivity contribution in [2.45, 2.75) is 302 Å². The highest BCUT2D eigenvalue weighted by Crippen LogP contribution is 2.17. The molecule has 1 amide bonds. The number of unbranched alkanes of at least 4 members (excludes halogenated alkanes) is 38. The Kier molecular flexibility index (Phi) is 47.5. The molecule has 0 aromatic rings. The molecule has 58 heavy (non-hydrogen) atoms. The first-order valence-corrected chi connectivity index (χ1v) is 26.2. The SMILES string of the molecule is CCCCCCCCC/C=C/CC/C=C/C(O)C(CO)NC(=O)C(O)CCCCCCCCCCCCCCCCCCCCCCCCCCCCCCCCC. The summed E-state index contributed by atoms with van der Waals surface area (Å²) in [5.74, 6) is -0.509. The third kappa shape index (κ3) is 42.9. The van der Waals surface area contributed by atoms with Gasteiger partial charge in [-0.1, -0.05) is 276 Å². The number of rotatable bonds is 48. The zero-order chi connectivity index (χ0) is 42.3. The van der Waals surface area contributed by atoms with Gasteiger partial charge in [0.2, 0.25) is 5.91 Å². The lowest BCUT2D eigenvalue weighted by molar-refractivity contribution is -0.131. The number of amides is 1. The van der Waals surface area contributed by atoms with E-state index in [1.165, 1.54) is 225 Å². The lowest BCUT2D eigenvalue weighted by Gasteiger charge is -2.21. The van der Waals surface area contributed by atoms with E-state index in [1.54, 1.807) is 6.08 Å². The minimum Gasteiger partial charge on any atom is -0.394 e. The van der Waals surface area contributed by atoms with Crippen molar-refractivity contribution < 1.29 is 20.1 Å². The van der Waals surface area contributed by atoms with Gasteiger partial charge in [-0.25, -0.2) is 0 Å². The van der Waals surface area contributed by atoms with Crippen LogP contribution < -0.4 is 5.32 Å². The van der Waals surface area contributed by atoms with Crippen LogP contribution in [-0.2, 0) is 4.79 Å². The van der Waals surface area contributed by atoms with Gasteiger partial charge in [-0.3, -0.25) is 4.79 Å². The number of carbonyl (C=O) groups excluding carboxylic acids is 1. The van der Waals surface area contributed by atoms with Gasteiger partial charge in [-0.15, -0.1) is 0 Å². The lowest BCUT2D eigenvalue weighted by atomic mass is 10.0. The highest BCUT2D eigenvalue weighted by molar-refractivity contribution is 5.80. The molecule has 0 saturated heterocycles. The molecule has 0 aliphatic carbocycles. The molecule has 0 aliphatic heterocycles. The molecular formula is C53H103NO4. The van der Waals surface area contributed by atoms with Gasteiger partial charge in [0.05, 0.1) is 18.8 Å². The second-order valence-electron chi connectivity index (χ2n) is 18.1. The topological polar surface area (TPSA) is 89.8 Å². The number of aliphatic hydroxyl groups excluding tert-OH is 3. The Morgan fingerprint density at radius 2 is 0.707 bits per heavy atom. The van der Waals surface area contributed by atoms with Crippen LogP contribution in [0.25, 0.3) is 0 Å². The molecule has 5 nitrogen and oxygen atoms in total. The fraction of sp³-hybridized carbons (Fsp3) is 0.906. The molecule has 0 radical (unpaired) electrons. The second-order valence-corrected chi connectivity index (χ2v) is 18.1. The van der Waals surface area contributed by atoms with Gasteiger partial charge >= 0.3 is 0 Å². The number of hydrogen-bond donors (Lipinski definition) is 4. The van der Waals surface area contributed by atoms with Gasteiger partial charge in [0, 0.05) is 0 Å². The summed E-state index contributed by atoms with van der Waals surface area (Å²) in [5, 5.41) is 33.2. The molecular weight excluding hydrogens is 715 g/mol. The minimum absolute atomic E-state index is 0.373. The van der Waals surface area contributed by atoms with E-state index in [2.05, 4.69) is 31.3 Å². The summed E-state index contributed by atoms with van der Waals surface area (Å²) in [5.41, 5.74) is 0. The zero-order valence-electron chi connectivity index (χ0n) is 39.2. The van der Waals surface area contributed by atoms with Crippen LogP contribution in [0.15, 0.2) is 24.3 Å². The number of hydrogen-bond acceptors (Lipinski definition) is 4. The normalized spacial score (nSPS) is 13.5. The van der Waals surface area contributed by atoms with Crippen molar-refractivity contribution in [1.29, 1.82) is 0 Å². The van der Waals surface area contributed by atoms with Crippen molar-refractivity contribution >= 4 is 5.91 Å². The molecule has 5 heteroatoms. The molecule has 0 saturated carbocycles. The molecule has 0 bridgehead atoms. The molecule has 0 aromatic carbocycles. The van der Waals surface area contributed by atoms with Crippen molar-refractivity contribution in [2.75, 3.05) is 6.61 Å². The standard InChI is InChI=1S/C53H103NO4/c1-3-5-7-9-11-13-15-17-18-19-20-21-22-23-24-25-26-27-28-29-30-31-32-33-34-36-38-40-42-44-46-48-52(57)53(58)54-50(49-55)51(56)47-45-43-41-39-37-35-16-14-12-10-8-6-4-2/h37,39,45,47,50-52,55-57H,3-36,38,40-44,46,48-49H2,1-2H3,(H,54,58)/b39-37+,47-45+. The number of allylic oxidation sites excluding steroid dienone is 3. The minimum atomic E-state index is -1.10. The highest BCUT2D eigenvalue weighted by Gasteiger charge is 2.22. The van der Waals surface area contributed by atoms with Crippen LogP contribution in [0.3, 0.4) is 0 Å². The van der Waals surface area contributed by atoms with E-state index in [4.69, 9.17) is 0 Å². The lowest BCUT2D eigenvalue weighted by Crippen LogP contribution is -2.48. The first-order valence-electron chi connectivity index (χ1n) is 26.2. The summed E-state index contributed by atoms with van der Waals surface area (Å²) in [7, 11) is 0. The van der Waals surface area contributed by atoms with Crippen LogP contribution in [0.5, 0.6) is 0 Å². The van der Waals surface area contributed by atoms with Crippen LogP contribution in [0.2, 0.25) is 0 Å². The van der Waals surface area contributed by atoms with Crippen molar-refractivity contribution in [3.05, 3.63) is 24.3 Å². The first kappa shape index (κ1) is 56.8.